The summed E-state index contributed by atoms with van der Waals surface area (Å²) >= 11 is 0. The quantitative estimate of drug-likeness (QED) is 0.714. The summed E-state index contributed by atoms with van der Waals surface area (Å²) < 4.78 is 5.66. The van der Waals surface area contributed by atoms with Crippen molar-refractivity contribution in [2.75, 3.05) is 13.2 Å². The first kappa shape index (κ1) is 15.2. The first-order chi connectivity index (χ1) is 10.0. The van der Waals surface area contributed by atoms with E-state index in [0.717, 1.165) is 11.3 Å². The van der Waals surface area contributed by atoms with Crippen molar-refractivity contribution in [1.29, 1.82) is 0 Å². The molecule has 0 heterocycles. The number of hydrogen-bond donors (Lipinski definition) is 3. The summed E-state index contributed by atoms with van der Waals surface area (Å²) in [6.07, 6.45) is 0. The zero-order chi connectivity index (χ0) is 15.2. The van der Waals surface area contributed by atoms with Gasteiger partial charge in [-0.25, -0.2) is 0 Å². The maximum atomic E-state index is 9.48. The van der Waals surface area contributed by atoms with Crippen molar-refractivity contribution in [1.82, 2.24) is 5.32 Å². The number of phenols is 2. The Balaban J connectivity index is 1.80. The highest BCUT2D eigenvalue weighted by Crippen LogP contribution is 2.24. The van der Waals surface area contributed by atoms with E-state index >= 15 is 0 Å². The van der Waals surface area contributed by atoms with Gasteiger partial charge in [-0.05, 0) is 49.2 Å². The fourth-order valence-corrected chi connectivity index (χ4v) is 2.14. The molecule has 0 aromatic heterocycles. The van der Waals surface area contributed by atoms with E-state index in [1.165, 1.54) is 11.6 Å². The van der Waals surface area contributed by atoms with Crippen LogP contribution in [0.2, 0.25) is 0 Å². The zero-order valence-corrected chi connectivity index (χ0v) is 12.3. The van der Waals surface area contributed by atoms with Crippen LogP contribution in [-0.2, 0) is 0 Å². The summed E-state index contributed by atoms with van der Waals surface area (Å²) in [5, 5.41) is 22.2. The van der Waals surface area contributed by atoms with Crippen molar-refractivity contribution < 1.29 is 14.9 Å². The molecule has 0 radical (unpaired) electrons. The SMILES string of the molecule is Cc1cccc(OCCNC(C)c2cc(O)cc(O)c2)c1. The van der Waals surface area contributed by atoms with E-state index in [9.17, 15) is 10.2 Å². The summed E-state index contributed by atoms with van der Waals surface area (Å²) in [7, 11) is 0. The number of hydrogen-bond acceptors (Lipinski definition) is 4. The molecule has 2 aromatic rings. The smallest absolute Gasteiger partial charge is 0.119 e. The molecule has 3 N–H and O–H groups in total. The molecule has 0 aliphatic rings. The van der Waals surface area contributed by atoms with E-state index in [0.29, 0.717) is 13.2 Å². The Kier molecular flexibility index (Phi) is 5.06. The van der Waals surface area contributed by atoms with Gasteiger partial charge in [0.15, 0.2) is 0 Å². The van der Waals surface area contributed by atoms with Crippen molar-refractivity contribution >= 4 is 0 Å². The highest BCUT2D eigenvalue weighted by Gasteiger charge is 2.07. The molecule has 4 heteroatoms. The molecule has 2 aromatic carbocycles. The Morgan fingerprint density at radius 3 is 2.48 bits per heavy atom. The number of phenolic OH excluding ortho intramolecular Hbond substituents is 2. The second-order valence-electron chi connectivity index (χ2n) is 5.12. The Morgan fingerprint density at radius 2 is 1.81 bits per heavy atom. The second kappa shape index (κ2) is 6.99. The van der Waals surface area contributed by atoms with Crippen molar-refractivity contribution in [3.8, 4) is 17.2 Å². The van der Waals surface area contributed by atoms with Crippen molar-refractivity contribution in [3.63, 3.8) is 0 Å². The molecule has 0 fully saturated rings. The third-order valence-electron chi connectivity index (χ3n) is 3.24. The molecule has 2 rings (SSSR count). The number of nitrogens with one attached hydrogen (secondary N) is 1. The Morgan fingerprint density at radius 1 is 1.10 bits per heavy atom. The van der Waals surface area contributed by atoms with Gasteiger partial charge in [0.2, 0.25) is 0 Å². The van der Waals surface area contributed by atoms with E-state index in [1.807, 2.05) is 38.1 Å². The Bertz CT molecular complexity index is 578. The minimum absolute atomic E-state index is 0.0177. The molecular formula is C17H21NO3. The van der Waals surface area contributed by atoms with Crippen molar-refractivity contribution in [2.45, 2.75) is 19.9 Å². The minimum atomic E-state index is 0.0177. The normalized spacial score (nSPS) is 12.1. The predicted octanol–water partition coefficient (Wildman–Crippen LogP) is 3.14. The van der Waals surface area contributed by atoms with Crippen LogP contribution in [0.5, 0.6) is 17.2 Å². The first-order valence-corrected chi connectivity index (χ1v) is 7.00. The van der Waals surface area contributed by atoms with Gasteiger partial charge in [-0.1, -0.05) is 12.1 Å². The molecule has 1 atom stereocenters. The van der Waals surface area contributed by atoms with Gasteiger partial charge >= 0.3 is 0 Å². The molecule has 0 saturated heterocycles. The fourth-order valence-electron chi connectivity index (χ4n) is 2.14. The van der Waals surface area contributed by atoms with Gasteiger partial charge in [-0.2, -0.15) is 0 Å². The maximum absolute atomic E-state index is 9.48. The number of rotatable bonds is 6. The van der Waals surface area contributed by atoms with Crippen LogP contribution in [0.4, 0.5) is 0 Å². The number of ether oxygens (including phenoxy) is 1. The lowest BCUT2D eigenvalue weighted by molar-refractivity contribution is 0.307. The summed E-state index contributed by atoms with van der Waals surface area (Å²) in [6.45, 7) is 5.23. The van der Waals surface area contributed by atoms with Crippen LogP contribution in [0.3, 0.4) is 0 Å². The summed E-state index contributed by atoms with van der Waals surface area (Å²) in [6, 6.07) is 12.5. The van der Waals surface area contributed by atoms with Crippen LogP contribution in [-0.4, -0.2) is 23.4 Å². The summed E-state index contributed by atoms with van der Waals surface area (Å²) in [4.78, 5) is 0. The molecule has 0 amide bonds. The number of benzene rings is 2. The third kappa shape index (κ3) is 4.68. The lowest BCUT2D eigenvalue weighted by Crippen LogP contribution is -2.24. The van der Waals surface area contributed by atoms with E-state index in [1.54, 1.807) is 12.1 Å². The number of aromatic hydroxyl groups is 2. The molecule has 0 spiro atoms. The Labute approximate surface area is 125 Å². The van der Waals surface area contributed by atoms with Gasteiger partial charge in [0, 0.05) is 18.7 Å². The van der Waals surface area contributed by atoms with Crippen LogP contribution in [0, 0.1) is 6.92 Å². The van der Waals surface area contributed by atoms with Crippen LogP contribution in [0.15, 0.2) is 42.5 Å². The van der Waals surface area contributed by atoms with E-state index in [-0.39, 0.29) is 17.5 Å². The molecule has 4 nitrogen and oxygen atoms in total. The van der Waals surface area contributed by atoms with E-state index in [2.05, 4.69) is 5.32 Å². The summed E-state index contributed by atoms with van der Waals surface area (Å²) in [5.41, 5.74) is 2.01. The van der Waals surface area contributed by atoms with Gasteiger partial charge in [0.1, 0.15) is 23.9 Å². The molecule has 21 heavy (non-hydrogen) atoms. The molecule has 0 aliphatic heterocycles. The van der Waals surface area contributed by atoms with Gasteiger partial charge in [0.05, 0.1) is 0 Å². The van der Waals surface area contributed by atoms with E-state index in [4.69, 9.17) is 4.74 Å². The van der Waals surface area contributed by atoms with E-state index < -0.39 is 0 Å². The summed E-state index contributed by atoms with van der Waals surface area (Å²) in [5.74, 6) is 0.990. The molecule has 1 unspecified atom stereocenters. The highest BCUT2D eigenvalue weighted by atomic mass is 16.5. The average Bonchev–Trinajstić information content (AvgIpc) is 2.42. The molecule has 112 valence electrons. The standard InChI is InChI=1S/C17H21NO3/c1-12-4-3-5-17(8-12)21-7-6-18-13(2)14-9-15(19)11-16(20)10-14/h3-5,8-11,13,18-20H,6-7H2,1-2H3. The monoisotopic (exact) mass is 287 g/mol. The maximum Gasteiger partial charge on any atom is 0.119 e. The van der Waals surface area contributed by atoms with Gasteiger partial charge in [-0.3, -0.25) is 0 Å². The van der Waals surface area contributed by atoms with Crippen LogP contribution < -0.4 is 10.1 Å². The van der Waals surface area contributed by atoms with Gasteiger partial charge in [0.25, 0.3) is 0 Å². The molecule has 0 aliphatic carbocycles. The van der Waals surface area contributed by atoms with Crippen molar-refractivity contribution in [2.24, 2.45) is 0 Å². The molecule has 0 bridgehead atoms. The lowest BCUT2D eigenvalue weighted by atomic mass is 10.1. The van der Waals surface area contributed by atoms with Crippen LogP contribution in [0.1, 0.15) is 24.1 Å². The van der Waals surface area contributed by atoms with Crippen LogP contribution in [0.25, 0.3) is 0 Å². The zero-order valence-electron chi connectivity index (χ0n) is 12.3. The Hall–Kier alpha value is -2.20. The van der Waals surface area contributed by atoms with Crippen LogP contribution >= 0.6 is 0 Å². The average molecular weight is 287 g/mol. The molecular weight excluding hydrogens is 266 g/mol. The van der Waals surface area contributed by atoms with Crippen molar-refractivity contribution in [3.05, 3.63) is 53.6 Å². The lowest BCUT2D eigenvalue weighted by Gasteiger charge is -2.15. The second-order valence-corrected chi connectivity index (χ2v) is 5.12. The first-order valence-electron chi connectivity index (χ1n) is 7.00. The van der Waals surface area contributed by atoms with Gasteiger partial charge in [-0.15, -0.1) is 0 Å². The van der Waals surface area contributed by atoms with Gasteiger partial charge < -0.3 is 20.3 Å². The highest BCUT2D eigenvalue weighted by molar-refractivity contribution is 5.37. The predicted molar refractivity (Wildman–Crippen MR) is 82.9 cm³/mol. The third-order valence-corrected chi connectivity index (χ3v) is 3.24. The topological polar surface area (TPSA) is 61.7 Å². The fraction of sp³-hybridized carbons (Fsp3) is 0.294. The number of aryl methyl sites for hydroxylation is 1. The molecule has 0 saturated carbocycles. The largest absolute Gasteiger partial charge is 0.508 e. The minimum Gasteiger partial charge on any atom is -0.508 e.